The van der Waals surface area contributed by atoms with E-state index in [9.17, 15) is 8.42 Å². The Hall–Kier alpha value is -0.380. The summed E-state index contributed by atoms with van der Waals surface area (Å²) in [6, 6.07) is 7.45. The molecule has 0 aliphatic heterocycles. The third-order valence-corrected chi connectivity index (χ3v) is 2.81. The minimum Gasteiger partial charge on any atom is -0.492 e. The molecule has 0 saturated heterocycles. The van der Waals surface area contributed by atoms with E-state index in [1.165, 1.54) is 0 Å². The summed E-state index contributed by atoms with van der Waals surface area (Å²) in [5, 5.41) is 4.74. The van der Waals surface area contributed by atoms with Crippen LogP contribution in [0.4, 0.5) is 0 Å². The van der Waals surface area contributed by atoms with Crippen LogP contribution in [0, 0.1) is 3.57 Å². The highest BCUT2D eigenvalue weighted by Gasteiger charge is 1.99. The number of halogens is 1. The molecule has 0 saturated carbocycles. The first-order valence-electron chi connectivity index (χ1n) is 4.13. The number of nitrogens with two attached hydrogens (primary N) is 1. The van der Waals surface area contributed by atoms with E-state index in [2.05, 4.69) is 27.3 Å². The molecule has 0 radical (unpaired) electrons. The van der Waals surface area contributed by atoms with Gasteiger partial charge in [-0.3, -0.25) is 0 Å². The van der Waals surface area contributed by atoms with Crippen LogP contribution in [0.15, 0.2) is 24.3 Å². The summed E-state index contributed by atoms with van der Waals surface area (Å²) in [5.41, 5.74) is 0. The van der Waals surface area contributed by atoms with Gasteiger partial charge >= 0.3 is 0 Å². The molecule has 1 aromatic rings. The number of benzene rings is 1. The fraction of sp³-hybridized carbons (Fsp3) is 0.250. The van der Waals surface area contributed by atoms with Gasteiger partial charge in [-0.25, -0.2) is 5.14 Å². The number of hydrogen-bond acceptors (Lipinski definition) is 3. The highest BCUT2D eigenvalue weighted by Crippen LogP contribution is 2.12. The van der Waals surface area contributed by atoms with Crippen LogP contribution in [0.5, 0.6) is 5.75 Å². The van der Waals surface area contributed by atoms with Crippen LogP contribution in [0.2, 0.25) is 0 Å². The Bertz CT molecular complexity index is 404. The molecule has 0 aliphatic carbocycles. The average molecular weight is 342 g/mol. The van der Waals surface area contributed by atoms with Gasteiger partial charge < -0.3 is 4.74 Å². The van der Waals surface area contributed by atoms with E-state index < -0.39 is 10.2 Å². The lowest BCUT2D eigenvalue weighted by Crippen LogP contribution is -2.33. The predicted molar refractivity (Wildman–Crippen MR) is 65.8 cm³/mol. The molecular formula is C8H11IN2O3S. The van der Waals surface area contributed by atoms with E-state index in [4.69, 9.17) is 9.88 Å². The van der Waals surface area contributed by atoms with Crippen LogP contribution < -0.4 is 14.6 Å². The fourth-order valence-corrected chi connectivity index (χ4v) is 1.61. The standard InChI is InChI=1S/C8H11IN2O3S/c9-7-1-3-8(4-2-7)14-6-5-11-15(10,12)13/h1-4,11H,5-6H2,(H2,10,12,13). The van der Waals surface area contributed by atoms with E-state index in [1.54, 1.807) is 0 Å². The van der Waals surface area contributed by atoms with Crippen LogP contribution in [0.1, 0.15) is 0 Å². The average Bonchev–Trinajstić information content (AvgIpc) is 2.14. The Morgan fingerprint density at radius 3 is 2.47 bits per heavy atom. The maximum Gasteiger partial charge on any atom is 0.274 e. The Morgan fingerprint density at radius 2 is 1.93 bits per heavy atom. The molecule has 0 fully saturated rings. The summed E-state index contributed by atoms with van der Waals surface area (Å²) in [4.78, 5) is 0. The van der Waals surface area contributed by atoms with Crippen LogP contribution in [-0.2, 0) is 10.2 Å². The van der Waals surface area contributed by atoms with Gasteiger partial charge in [0, 0.05) is 10.1 Å². The van der Waals surface area contributed by atoms with Gasteiger partial charge in [-0.2, -0.15) is 13.1 Å². The van der Waals surface area contributed by atoms with Gasteiger partial charge in [0.1, 0.15) is 12.4 Å². The SMILES string of the molecule is NS(=O)(=O)NCCOc1ccc(I)cc1. The first-order chi connectivity index (χ1) is 6.97. The molecule has 0 atom stereocenters. The van der Waals surface area contributed by atoms with Gasteiger partial charge in [-0.05, 0) is 46.9 Å². The molecular weight excluding hydrogens is 331 g/mol. The molecule has 0 aliphatic rings. The maximum atomic E-state index is 10.5. The van der Waals surface area contributed by atoms with Crippen molar-refractivity contribution in [3.63, 3.8) is 0 Å². The smallest absolute Gasteiger partial charge is 0.274 e. The first-order valence-corrected chi connectivity index (χ1v) is 6.75. The quantitative estimate of drug-likeness (QED) is 0.603. The molecule has 0 heterocycles. The summed E-state index contributed by atoms with van der Waals surface area (Å²) in [5.74, 6) is 0.701. The van der Waals surface area contributed by atoms with Gasteiger partial charge in [0.2, 0.25) is 0 Å². The minimum absolute atomic E-state index is 0.158. The number of nitrogens with one attached hydrogen (secondary N) is 1. The lowest BCUT2D eigenvalue weighted by molar-refractivity contribution is 0.323. The molecule has 0 bridgehead atoms. The van der Waals surface area contributed by atoms with Crippen molar-refractivity contribution < 1.29 is 13.2 Å². The monoisotopic (exact) mass is 342 g/mol. The second kappa shape index (κ2) is 5.64. The highest BCUT2D eigenvalue weighted by molar-refractivity contribution is 14.1. The van der Waals surface area contributed by atoms with Crippen molar-refractivity contribution >= 4 is 32.8 Å². The molecule has 0 aromatic heterocycles. The molecule has 15 heavy (non-hydrogen) atoms. The molecule has 3 N–H and O–H groups in total. The van der Waals surface area contributed by atoms with Crippen molar-refractivity contribution in [1.82, 2.24) is 4.72 Å². The molecule has 7 heteroatoms. The van der Waals surface area contributed by atoms with Crippen molar-refractivity contribution in [3.05, 3.63) is 27.8 Å². The molecule has 0 unspecified atom stereocenters. The largest absolute Gasteiger partial charge is 0.492 e. The number of rotatable bonds is 5. The summed E-state index contributed by atoms with van der Waals surface area (Å²) < 4.78 is 29.5. The molecule has 84 valence electrons. The van der Waals surface area contributed by atoms with E-state index >= 15 is 0 Å². The minimum atomic E-state index is -3.62. The molecule has 1 aromatic carbocycles. The van der Waals surface area contributed by atoms with Crippen molar-refractivity contribution in [2.45, 2.75) is 0 Å². The Morgan fingerprint density at radius 1 is 1.33 bits per heavy atom. The normalized spacial score (nSPS) is 11.3. The van der Waals surface area contributed by atoms with E-state index in [0.717, 1.165) is 3.57 Å². The topological polar surface area (TPSA) is 81.4 Å². The first kappa shape index (κ1) is 12.7. The van der Waals surface area contributed by atoms with E-state index in [-0.39, 0.29) is 13.2 Å². The van der Waals surface area contributed by atoms with Gasteiger partial charge in [0.05, 0.1) is 0 Å². The van der Waals surface area contributed by atoms with Crippen LogP contribution in [0.25, 0.3) is 0 Å². The Balaban J connectivity index is 2.29. The third kappa shape index (κ3) is 5.92. The van der Waals surface area contributed by atoms with E-state index in [0.29, 0.717) is 5.75 Å². The lowest BCUT2D eigenvalue weighted by atomic mass is 10.3. The zero-order chi connectivity index (χ0) is 11.3. The van der Waals surface area contributed by atoms with Crippen LogP contribution >= 0.6 is 22.6 Å². The van der Waals surface area contributed by atoms with Gasteiger partial charge in [0.15, 0.2) is 0 Å². The second-order valence-corrected chi connectivity index (χ2v) is 5.37. The zero-order valence-electron chi connectivity index (χ0n) is 7.81. The van der Waals surface area contributed by atoms with Crippen molar-refractivity contribution in [3.8, 4) is 5.75 Å². The molecule has 0 spiro atoms. The maximum absolute atomic E-state index is 10.5. The zero-order valence-corrected chi connectivity index (χ0v) is 10.8. The summed E-state index contributed by atoms with van der Waals surface area (Å²) in [6.45, 7) is 0.405. The number of hydrogen-bond donors (Lipinski definition) is 2. The van der Waals surface area contributed by atoms with Crippen molar-refractivity contribution in [2.75, 3.05) is 13.2 Å². The molecule has 5 nitrogen and oxygen atoms in total. The Labute approximate surface area is 102 Å². The third-order valence-electron chi connectivity index (χ3n) is 1.49. The Kier molecular flexibility index (Phi) is 4.77. The van der Waals surface area contributed by atoms with Crippen molar-refractivity contribution in [2.24, 2.45) is 5.14 Å². The lowest BCUT2D eigenvalue weighted by Gasteiger charge is -2.06. The van der Waals surface area contributed by atoms with Gasteiger partial charge in [-0.1, -0.05) is 0 Å². The van der Waals surface area contributed by atoms with Gasteiger partial charge in [0.25, 0.3) is 10.2 Å². The summed E-state index contributed by atoms with van der Waals surface area (Å²) >= 11 is 2.19. The van der Waals surface area contributed by atoms with Gasteiger partial charge in [-0.15, -0.1) is 0 Å². The molecule has 1 rings (SSSR count). The van der Waals surface area contributed by atoms with Crippen molar-refractivity contribution in [1.29, 1.82) is 0 Å². The fourth-order valence-electron chi connectivity index (χ4n) is 0.884. The van der Waals surface area contributed by atoms with E-state index in [1.807, 2.05) is 24.3 Å². The highest BCUT2D eigenvalue weighted by atomic mass is 127. The summed E-state index contributed by atoms with van der Waals surface area (Å²) in [6.07, 6.45) is 0. The summed E-state index contributed by atoms with van der Waals surface area (Å²) in [7, 11) is -3.62. The van der Waals surface area contributed by atoms with Crippen LogP contribution in [-0.4, -0.2) is 21.6 Å². The molecule has 0 amide bonds. The van der Waals surface area contributed by atoms with Crippen LogP contribution in [0.3, 0.4) is 0 Å². The predicted octanol–water partition coefficient (Wildman–Crippen LogP) is 0.463. The number of ether oxygens (including phenoxy) is 1. The second-order valence-electron chi connectivity index (χ2n) is 2.74.